The van der Waals surface area contributed by atoms with Crippen molar-refractivity contribution in [1.29, 1.82) is 0 Å². The van der Waals surface area contributed by atoms with E-state index in [0.29, 0.717) is 12.1 Å². The molecule has 0 radical (unpaired) electrons. The van der Waals surface area contributed by atoms with Gasteiger partial charge in [0.2, 0.25) is 0 Å². The van der Waals surface area contributed by atoms with Gasteiger partial charge < -0.3 is 5.73 Å². The van der Waals surface area contributed by atoms with E-state index in [-0.39, 0.29) is 18.1 Å². The van der Waals surface area contributed by atoms with Crippen LogP contribution in [0.15, 0.2) is 12.1 Å². The van der Waals surface area contributed by atoms with Gasteiger partial charge in [0.15, 0.2) is 11.6 Å². The van der Waals surface area contributed by atoms with Crippen LogP contribution in [0.3, 0.4) is 0 Å². The molecule has 0 aliphatic rings. The highest BCUT2D eigenvalue weighted by Crippen LogP contribution is 2.25. The number of anilines is 1. The number of rotatable bonds is 1. The molecule has 6 heteroatoms. The van der Waals surface area contributed by atoms with E-state index in [4.69, 9.17) is 5.73 Å². The fraction of sp³-hybridized carbons (Fsp3) is 0.143. The molecule has 0 fully saturated rings. The number of alkyl halides is 2. The molecule has 0 unspecified atom stereocenters. The van der Waals surface area contributed by atoms with Gasteiger partial charge in [0.25, 0.3) is 6.43 Å². The summed E-state index contributed by atoms with van der Waals surface area (Å²) in [6.45, 7) is 0. The molecular weight excluding hydrogens is 210 g/mol. The molecule has 0 saturated heterocycles. The van der Waals surface area contributed by atoms with Crippen LogP contribution in [-0.2, 0) is 0 Å². The van der Waals surface area contributed by atoms with E-state index in [9.17, 15) is 17.6 Å². The summed E-state index contributed by atoms with van der Waals surface area (Å²) < 4.78 is 48.8. The number of hydrogen-bond donors (Lipinski definition) is 1. The zero-order valence-corrected chi connectivity index (χ0v) is 7.05. The molecule has 1 nitrogen and oxygen atoms in total. The van der Waals surface area contributed by atoms with Gasteiger partial charge in [-0.25, -0.2) is 17.6 Å². The number of benzene rings is 1. The smallest absolute Gasteiger partial charge is 0.266 e. The summed E-state index contributed by atoms with van der Waals surface area (Å²) in [5, 5.41) is 0. The summed E-state index contributed by atoms with van der Waals surface area (Å²) in [5.74, 6) is -2.90. The molecule has 1 aromatic carbocycles. The van der Waals surface area contributed by atoms with Crippen LogP contribution in [0.25, 0.3) is 0 Å². The van der Waals surface area contributed by atoms with Crippen LogP contribution in [0, 0.1) is 11.6 Å². The summed E-state index contributed by atoms with van der Waals surface area (Å²) in [5.41, 5.74) is 3.80. The van der Waals surface area contributed by atoms with Crippen LogP contribution in [-0.4, -0.2) is 0 Å². The molecule has 13 heavy (non-hydrogen) atoms. The van der Waals surface area contributed by atoms with E-state index < -0.39 is 23.6 Å². The van der Waals surface area contributed by atoms with Crippen LogP contribution >= 0.6 is 12.4 Å². The first-order valence-corrected chi connectivity index (χ1v) is 3.05. The van der Waals surface area contributed by atoms with Gasteiger partial charge in [0.05, 0.1) is 5.56 Å². The van der Waals surface area contributed by atoms with E-state index in [2.05, 4.69) is 0 Å². The average molecular weight is 216 g/mol. The maximum atomic E-state index is 12.5. The number of nitrogens with two attached hydrogens (primary N) is 1. The molecule has 0 bridgehead atoms. The second kappa shape index (κ2) is 4.32. The summed E-state index contributed by atoms with van der Waals surface area (Å²) >= 11 is 0. The van der Waals surface area contributed by atoms with Crippen molar-refractivity contribution in [2.24, 2.45) is 0 Å². The molecule has 1 rings (SSSR count). The SMILES string of the molecule is Cl.Nc1cc(F)c(F)c(C(F)F)c1. The van der Waals surface area contributed by atoms with Crippen LogP contribution in [0.2, 0.25) is 0 Å². The summed E-state index contributed by atoms with van der Waals surface area (Å²) in [6.07, 6.45) is -3.05. The molecule has 0 atom stereocenters. The third-order valence-electron chi connectivity index (χ3n) is 1.31. The van der Waals surface area contributed by atoms with E-state index in [1.807, 2.05) is 0 Å². The second-order valence-corrected chi connectivity index (χ2v) is 2.21. The summed E-state index contributed by atoms with van der Waals surface area (Å²) in [7, 11) is 0. The molecule has 1 aromatic rings. The highest BCUT2D eigenvalue weighted by molar-refractivity contribution is 5.85. The molecule has 0 aromatic heterocycles. The Morgan fingerprint density at radius 1 is 1.15 bits per heavy atom. The van der Waals surface area contributed by atoms with E-state index >= 15 is 0 Å². The van der Waals surface area contributed by atoms with Crippen LogP contribution < -0.4 is 5.73 Å². The normalized spacial score (nSPS) is 9.92. The maximum absolute atomic E-state index is 12.5. The number of hydrogen-bond acceptors (Lipinski definition) is 1. The van der Waals surface area contributed by atoms with Gasteiger partial charge >= 0.3 is 0 Å². The lowest BCUT2D eigenvalue weighted by Gasteiger charge is -2.03. The van der Waals surface area contributed by atoms with Crippen LogP contribution in [0.1, 0.15) is 12.0 Å². The third-order valence-corrected chi connectivity index (χ3v) is 1.31. The lowest BCUT2D eigenvalue weighted by atomic mass is 10.2. The largest absolute Gasteiger partial charge is 0.399 e. The van der Waals surface area contributed by atoms with Gasteiger partial charge in [0, 0.05) is 5.69 Å². The first kappa shape index (κ1) is 12.0. The molecule has 0 heterocycles. The molecule has 0 spiro atoms. The van der Waals surface area contributed by atoms with Crippen molar-refractivity contribution < 1.29 is 17.6 Å². The van der Waals surface area contributed by atoms with Gasteiger partial charge in [-0.1, -0.05) is 0 Å². The number of nitrogen functional groups attached to an aromatic ring is 1. The summed E-state index contributed by atoms with van der Waals surface area (Å²) in [6, 6.07) is 1.37. The van der Waals surface area contributed by atoms with Crippen molar-refractivity contribution in [3.05, 3.63) is 29.3 Å². The highest BCUT2D eigenvalue weighted by atomic mass is 35.5. The van der Waals surface area contributed by atoms with E-state index in [1.165, 1.54) is 0 Å². The minimum Gasteiger partial charge on any atom is -0.399 e. The van der Waals surface area contributed by atoms with Crippen molar-refractivity contribution in [2.45, 2.75) is 6.43 Å². The molecule has 0 amide bonds. The third kappa shape index (κ3) is 2.48. The van der Waals surface area contributed by atoms with Crippen LogP contribution in [0.4, 0.5) is 23.2 Å². The Morgan fingerprint density at radius 3 is 2.15 bits per heavy atom. The standard InChI is InChI=1S/C7H5F4N.ClH/c8-5-2-3(12)1-4(6(5)9)7(10)11;/h1-2,7H,12H2;1H. The Kier molecular flexibility index (Phi) is 4.00. The zero-order chi connectivity index (χ0) is 9.30. The van der Waals surface area contributed by atoms with E-state index in [1.54, 1.807) is 0 Å². The lowest BCUT2D eigenvalue weighted by Crippen LogP contribution is -1.97. The van der Waals surface area contributed by atoms with Crippen molar-refractivity contribution in [2.75, 3.05) is 5.73 Å². The second-order valence-electron chi connectivity index (χ2n) is 2.21. The minimum atomic E-state index is -3.05. The van der Waals surface area contributed by atoms with Crippen molar-refractivity contribution in [3.8, 4) is 0 Å². The van der Waals surface area contributed by atoms with Gasteiger partial charge in [-0.2, -0.15) is 0 Å². The summed E-state index contributed by atoms with van der Waals surface area (Å²) in [4.78, 5) is 0. The van der Waals surface area contributed by atoms with Crippen molar-refractivity contribution in [1.82, 2.24) is 0 Å². The molecule has 0 aliphatic heterocycles. The molecule has 0 aliphatic carbocycles. The number of halogens is 5. The fourth-order valence-corrected chi connectivity index (χ4v) is 0.791. The minimum absolute atomic E-state index is 0. The predicted octanol–water partition coefficient (Wildman–Crippen LogP) is 2.91. The van der Waals surface area contributed by atoms with Crippen molar-refractivity contribution >= 4 is 18.1 Å². The zero-order valence-electron chi connectivity index (χ0n) is 6.23. The Morgan fingerprint density at radius 2 is 1.69 bits per heavy atom. The molecule has 2 N–H and O–H groups in total. The monoisotopic (exact) mass is 215 g/mol. The highest BCUT2D eigenvalue weighted by Gasteiger charge is 2.17. The van der Waals surface area contributed by atoms with Gasteiger partial charge in [-0.15, -0.1) is 12.4 Å². The Hall–Kier alpha value is -0.970. The van der Waals surface area contributed by atoms with Crippen LogP contribution in [0.5, 0.6) is 0 Å². The lowest BCUT2D eigenvalue weighted by molar-refractivity contribution is 0.145. The molecule has 0 saturated carbocycles. The Labute approximate surface area is 78.0 Å². The van der Waals surface area contributed by atoms with Gasteiger partial charge in [-0.05, 0) is 12.1 Å². The first-order chi connectivity index (χ1) is 5.52. The Bertz CT molecular complexity index is 303. The first-order valence-electron chi connectivity index (χ1n) is 3.05. The fourth-order valence-electron chi connectivity index (χ4n) is 0.791. The van der Waals surface area contributed by atoms with Gasteiger partial charge in [0.1, 0.15) is 0 Å². The quantitative estimate of drug-likeness (QED) is 0.566. The van der Waals surface area contributed by atoms with E-state index in [0.717, 1.165) is 0 Å². The maximum Gasteiger partial charge on any atom is 0.266 e. The molecule has 74 valence electrons. The molecular formula is C7H6ClF4N. The van der Waals surface area contributed by atoms with Gasteiger partial charge in [-0.3, -0.25) is 0 Å². The average Bonchev–Trinajstić information content (AvgIpc) is 1.96. The predicted molar refractivity (Wildman–Crippen MR) is 43.0 cm³/mol. The topological polar surface area (TPSA) is 26.0 Å². The van der Waals surface area contributed by atoms with Crippen molar-refractivity contribution in [3.63, 3.8) is 0 Å². The Balaban J connectivity index is 0.00000144.